The van der Waals surface area contributed by atoms with E-state index >= 15 is 0 Å². The molecule has 0 aliphatic heterocycles. The van der Waals surface area contributed by atoms with Gasteiger partial charge in [-0.15, -0.1) is 0 Å². The number of nitrogens with zero attached hydrogens (tertiary/aromatic N) is 2. The Hall–Kier alpha value is -2.99. The van der Waals surface area contributed by atoms with Crippen molar-refractivity contribution in [2.45, 2.75) is 6.92 Å². The Labute approximate surface area is 148 Å². The van der Waals surface area contributed by atoms with Gasteiger partial charge in [-0.05, 0) is 43.3 Å². The number of halogens is 2. The minimum atomic E-state index is -0.484. The Morgan fingerprint density at radius 1 is 1.08 bits per heavy atom. The number of benzene rings is 2. The lowest BCUT2D eigenvalue weighted by Crippen LogP contribution is -2.01. The van der Waals surface area contributed by atoms with E-state index in [0.29, 0.717) is 28.7 Å². The maximum atomic E-state index is 13.2. The van der Waals surface area contributed by atoms with Crippen LogP contribution < -0.4 is 10.6 Å². The molecule has 0 bridgehead atoms. The van der Waals surface area contributed by atoms with Crippen molar-refractivity contribution in [2.24, 2.45) is 0 Å². The van der Waals surface area contributed by atoms with Crippen molar-refractivity contribution in [3.05, 3.63) is 71.1 Å². The molecule has 5 nitrogen and oxygen atoms in total. The summed E-state index contributed by atoms with van der Waals surface area (Å²) in [7, 11) is 0. The van der Waals surface area contributed by atoms with Crippen LogP contribution in [0.15, 0.2) is 54.7 Å². The van der Waals surface area contributed by atoms with Gasteiger partial charge in [0.15, 0.2) is 5.78 Å². The molecule has 2 aromatic carbocycles. The summed E-state index contributed by atoms with van der Waals surface area (Å²) in [4.78, 5) is 19.9. The van der Waals surface area contributed by atoms with E-state index in [1.165, 1.54) is 19.1 Å². The Bertz CT molecular complexity index is 932. The largest absolute Gasteiger partial charge is 0.340 e. The Balaban J connectivity index is 1.78. The van der Waals surface area contributed by atoms with Crippen molar-refractivity contribution in [3.8, 4) is 0 Å². The number of rotatable bonds is 5. The third-order valence-electron chi connectivity index (χ3n) is 3.37. The molecule has 0 saturated carbocycles. The second-order valence-corrected chi connectivity index (χ2v) is 5.69. The number of carbonyl (C=O) groups excluding carboxylic acids is 1. The fourth-order valence-corrected chi connectivity index (χ4v) is 2.34. The number of ketones is 1. The summed E-state index contributed by atoms with van der Waals surface area (Å²) in [6.07, 6.45) is 1.58. The lowest BCUT2D eigenvalue weighted by Gasteiger charge is -2.09. The highest BCUT2D eigenvalue weighted by molar-refractivity contribution is 6.31. The normalized spacial score (nSPS) is 10.4. The summed E-state index contributed by atoms with van der Waals surface area (Å²) in [5.74, 6) is 0.373. The summed E-state index contributed by atoms with van der Waals surface area (Å²) >= 11 is 5.77. The second-order valence-electron chi connectivity index (χ2n) is 5.28. The predicted octanol–water partition coefficient (Wildman–Crippen LogP) is 4.96. The van der Waals surface area contributed by atoms with Gasteiger partial charge in [0.05, 0.1) is 5.02 Å². The van der Waals surface area contributed by atoms with Crippen LogP contribution in [0.2, 0.25) is 5.02 Å². The summed E-state index contributed by atoms with van der Waals surface area (Å²) in [5.41, 5.74) is 1.91. The standard InChI is InChI=1S/C18H14ClFN4O/c1-11(25)12-3-2-4-13(9-12)23-18-21-8-7-17(24-18)22-14-5-6-16(20)15(19)10-14/h2-10H,1H3,(H2,21,22,23,24). The maximum absolute atomic E-state index is 13.2. The Kier molecular flexibility index (Phi) is 4.90. The lowest BCUT2D eigenvalue weighted by molar-refractivity contribution is 0.101. The number of hydrogen-bond donors (Lipinski definition) is 2. The SMILES string of the molecule is CC(=O)c1cccc(Nc2nccc(Nc3ccc(F)c(Cl)c3)n2)c1. The molecular weight excluding hydrogens is 343 g/mol. The van der Waals surface area contributed by atoms with E-state index in [9.17, 15) is 9.18 Å². The zero-order valence-corrected chi connectivity index (χ0v) is 14.0. The number of nitrogens with one attached hydrogen (secondary N) is 2. The minimum Gasteiger partial charge on any atom is -0.340 e. The molecule has 0 aliphatic rings. The van der Waals surface area contributed by atoms with Crippen molar-refractivity contribution in [2.75, 3.05) is 10.6 Å². The third kappa shape index (κ3) is 4.30. The van der Waals surface area contributed by atoms with Crippen molar-refractivity contribution in [3.63, 3.8) is 0 Å². The predicted molar refractivity (Wildman–Crippen MR) is 96.5 cm³/mol. The molecule has 3 rings (SSSR count). The molecule has 3 aromatic rings. The van der Waals surface area contributed by atoms with Gasteiger partial charge in [0.1, 0.15) is 11.6 Å². The number of aromatic nitrogens is 2. The first kappa shape index (κ1) is 16.9. The van der Waals surface area contributed by atoms with Crippen LogP contribution in [0, 0.1) is 5.82 Å². The number of carbonyl (C=O) groups is 1. The van der Waals surface area contributed by atoms with E-state index in [2.05, 4.69) is 20.6 Å². The quantitative estimate of drug-likeness (QED) is 0.632. The van der Waals surface area contributed by atoms with Gasteiger partial charge in [-0.2, -0.15) is 4.98 Å². The van der Waals surface area contributed by atoms with E-state index < -0.39 is 5.82 Å². The van der Waals surface area contributed by atoms with E-state index in [1.807, 2.05) is 6.07 Å². The van der Waals surface area contributed by atoms with Crippen LogP contribution >= 0.6 is 11.6 Å². The highest BCUT2D eigenvalue weighted by atomic mass is 35.5. The zero-order valence-electron chi connectivity index (χ0n) is 13.3. The molecule has 0 radical (unpaired) electrons. The highest BCUT2D eigenvalue weighted by Crippen LogP contribution is 2.23. The topological polar surface area (TPSA) is 66.9 Å². The number of anilines is 4. The van der Waals surface area contributed by atoms with Crippen molar-refractivity contribution < 1.29 is 9.18 Å². The van der Waals surface area contributed by atoms with E-state index in [1.54, 1.807) is 36.5 Å². The second kappa shape index (κ2) is 7.27. The van der Waals surface area contributed by atoms with Gasteiger partial charge in [-0.25, -0.2) is 9.37 Å². The first-order valence-electron chi connectivity index (χ1n) is 7.44. The van der Waals surface area contributed by atoms with Crippen LogP contribution in [0.1, 0.15) is 17.3 Å². The lowest BCUT2D eigenvalue weighted by atomic mass is 10.1. The van der Waals surface area contributed by atoms with Crippen LogP contribution in [-0.2, 0) is 0 Å². The fourth-order valence-electron chi connectivity index (χ4n) is 2.16. The maximum Gasteiger partial charge on any atom is 0.229 e. The molecule has 7 heteroatoms. The highest BCUT2D eigenvalue weighted by Gasteiger charge is 2.05. The summed E-state index contributed by atoms with van der Waals surface area (Å²) in [6, 6.07) is 13.1. The molecule has 1 aromatic heterocycles. The number of Topliss-reactive ketones (excluding diaryl/α,β-unsaturated/α-hetero) is 1. The first-order chi connectivity index (χ1) is 12.0. The molecule has 126 valence electrons. The summed E-state index contributed by atoms with van der Waals surface area (Å²) in [6.45, 7) is 1.51. The van der Waals surface area contributed by atoms with Gasteiger partial charge in [-0.3, -0.25) is 4.79 Å². The number of hydrogen-bond acceptors (Lipinski definition) is 5. The molecule has 0 atom stereocenters. The molecule has 2 N–H and O–H groups in total. The molecule has 0 amide bonds. The Morgan fingerprint density at radius 3 is 2.64 bits per heavy atom. The molecular formula is C18H14ClFN4O. The third-order valence-corrected chi connectivity index (χ3v) is 3.66. The van der Waals surface area contributed by atoms with Crippen LogP contribution in [0.25, 0.3) is 0 Å². The van der Waals surface area contributed by atoms with E-state index in [-0.39, 0.29) is 10.8 Å². The molecule has 25 heavy (non-hydrogen) atoms. The summed E-state index contributed by atoms with van der Waals surface area (Å²) < 4.78 is 13.2. The first-order valence-corrected chi connectivity index (χ1v) is 7.82. The summed E-state index contributed by atoms with van der Waals surface area (Å²) in [5, 5.41) is 6.10. The van der Waals surface area contributed by atoms with Crippen molar-refractivity contribution in [1.82, 2.24) is 9.97 Å². The molecule has 0 unspecified atom stereocenters. The van der Waals surface area contributed by atoms with Crippen molar-refractivity contribution in [1.29, 1.82) is 0 Å². The van der Waals surface area contributed by atoms with Gasteiger partial charge in [0.25, 0.3) is 0 Å². The van der Waals surface area contributed by atoms with Gasteiger partial charge in [0.2, 0.25) is 5.95 Å². The average molecular weight is 357 g/mol. The van der Waals surface area contributed by atoms with Crippen LogP contribution in [-0.4, -0.2) is 15.8 Å². The smallest absolute Gasteiger partial charge is 0.229 e. The van der Waals surface area contributed by atoms with Crippen LogP contribution in [0.4, 0.5) is 27.5 Å². The van der Waals surface area contributed by atoms with E-state index in [0.717, 1.165) is 0 Å². The van der Waals surface area contributed by atoms with Crippen LogP contribution in [0.3, 0.4) is 0 Å². The zero-order chi connectivity index (χ0) is 17.8. The Morgan fingerprint density at radius 2 is 1.88 bits per heavy atom. The van der Waals surface area contributed by atoms with Gasteiger partial charge in [-0.1, -0.05) is 23.7 Å². The van der Waals surface area contributed by atoms with Crippen LogP contribution in [0.5, 0.6) is 0 Å². The van der Waals surface area contributed by atoms with E-state index in [4.69, 9.17) is 11.6 Å². The molecule has 0 spiro atoms. The van der Waals surface area contributed by atoms with Gasteiger partial charge >= 0.3 is 0 Å². The molecule has 0 fully saturated rings. The van der Waals surface area contributed by atoms with Gasteiger partial charge in [0, 0.05) is 23.1 Å². The fraction of sp³-hybridized carbons (Fsp3) is 0.0556. The minimum absolute atomic E-state index is 0.0202. The van der Waals surface area contributed by atoms with Crippen molar-refractivity contribution >= 4 is 40.5 Å². The molecule has 0 aliphatic carbocycles. The average Bonchev–Trinajstić information content (AvgIpc) is 2.59. The monoisotopic (exact) mass is 356 g/mol. The van der Waals surface area contributed by atoms with Gasteiger partial charge < -0.3 is 10.6 Å². The molecule has 0 saturated heterocycles. The molecule has 1 heterocycles.